The zero-order valence-electron chi connectivity index (χ0n) is 20.3. The number of piperidine rings is 1. The van der Waals surface area contributed by atoms with Crippen molar-refractivity contribution in [2.45, 2.75) is 60.5 Å². The molecule has 0 atom stereocenters. The van der Waals surface area contributed by atoms with Crippen molar-refractivity contribution in [3.8, 4) is 5.75 Å². The van der Waals surface area contributed by atoms with Gasteiger partial charge >= 0.3 is 0 Å². The highest BCUT2D eigenvalue weighted by Gasteiger charge is 2.21. The van der Waals surface area contributed by atoms with Gasteiger partial charge in [-0.25, -0.2) is 9.98 Å². The Balaban J connectivity index is 1.48. The van der Waals surface area contributed by atoms with Gasteiger partial charge in [0.15, 0.2) is 5.96 Å². The topological polar surface area (TPSA) is 74.9 Å². The second-order valence-electron chi connectivity index (χ2n) is 8.59. The monoisotopic (exact) mass is 441 g/mol. The van der Waals surface area contributed by atoms with Gasteiger partial charge in [-0.3, -0.25) is 4.90 Å². The van der Waals surface area contributed by atoms with E-state index >= 15 is 0 Å². The minimum Gasteiger partial charge on any atom is -0.494 e. The summed E-state index contributed by atoms with van der Waals surface area (Å²) < 4.78 is 11.5. The molecule has 1 aliphatic heterocycles. The van der Waals surface area contributed by atoms with Gasteiger partial charge in [0.2, 0.25) is 5.89 Å². The van der Waals surface area contributed by atoms with Gasteiger partial charge in [-0.05, 0) is 78.1 Å². The number of nitrogens with zero attached hydrogens (tertiary/aromatic N) is 3. The van der Waals surface area contributed by atoms with Crippen LogP contribution in [0.25, 0.3) is 0 Å². The van der Waals surface area contributed by atoms with Gasteiger partial charge < -0.3 is 19.8 Å². The van der Waals surface area contributed by atoms with Gasteiger partial charge in [0, 0.05) is 18.7 Å². The van der Waals surface area contributed by atoms with Gasteiger partial charge in [-0.1, -0.05) is 12.1 Å². The molecule has 2 N–H and O–H groups in total. The zero-order valence-corrected chi connectivity index (χ0v) is 20.3. The lowest BCUT2D eigenvalue weighted by Crippen LogP contribution is -2.42. The molecule has 1 aliphatic rings. The quantitative estimate of drug-likeness (QED) is 0.453. The first-order valence-electron chi connectivity index (χ1n) is 11.9. The van der Waals surface area contributed by atoms with E-state index < -0.39 is 0 Å². The largest absolute Gasteiger partial charge is 0.494 e. The maximum absolute atomic E-state index is 5.80. The molecule has 32 heavy (non-hydrogen) atoms. The Hall–Kier alpha value is -2.54. The van der Waals surface area contributed by atoms with Gasteiger partial charge in [-0.15, -0.1) is 0 Å². The molecule has 1 aromatic heterocycles. The van der Waals surface area contributed by atoms with Crippen LogP contribution in [0.15, 0.2) is 27.6 Å². The number of benzene rings is 1. The van der Waals surface area contributed by atoms with Crippen molar-refractivity contribution in [2.24, 2.45) is 10.9 Å². The normalized spacial score (nSPS) is 15.7. The van der Waals surface area contributed by atoms with Crippen LogP contribution in [-0.4, -0.2) is 48.6 Å². The summed E-state index contributed by atoms with van der Waals surface area (Å²) in [5, 5.41) is 6.92. The fourth-order valence-corrected chi connectivity index (χ4v) is 3.98. The van der Waals surface area contributed by atoms with Crippen LogP contribution in [0.1, 0.15) is 55.2 Å². The van der Waals surface area contributed by atoms with Crippen molar-refractivity contribution < 1.29 is 9.15 Å². The number of aromatic nitrogens is 1. The fraction of sp³-hybridized carbons (Fsp3) is 0.600. The lowest BCUT2D eigenvalue weighted by Gasteiger charge is -2.31. The Kier molecular flexibility index (Phi) is 8.97. The summed E-state index contributed by atoms with van der Waals surface area (Å²) >= 11 is 0. The number of aryl methyl sites for hydroxylation is 3. The molecule has 3 rings (SSSR count). The Bertz CT molecular complexity index is 865. The van der Waals surface area contributed by atoms with E-state index in [1.54, 1.807) is 0 Å². The van der Waals surface area contributed by atoms with Crippen LogP contribution in [0.4, 0.5) is 0 Å². The van der Waals surface area contributed by atoms with E-state index in [9.17, 15) is 0 Å². The van der Waals surface area contributed by atoms with Gasteiger partial charge in [0.1, 0.15) is 11.5 Å². The summed E-state index contributed by atoms with van der Waals surface area (Å²) in [5.74, 6) is 4.19. The van der Waals surface area contributed by atoms with E-state index in [1.165, 1.54) is 5.56 Å². The average Bonchev–Trinajstić information content (AvgIpc) is 3.09. The van der Waals surface area contributed by atoms with Gasteiger partial charge in [-0.2, -0.15) is 0 Å². The Morgan fingerprint density at radius 3 is 2.62 bits per heavy atom. The molecule has 0 amide bonds. The molecule has 1 fully saturated rings. The summed E-state index contributed by atoms with van der Waals surface area (Å²) in [4.78, 5) is 11.8. The lowest BCUT2D eigenvalue weighted by molar-refractivity contribution is 0.164. The standard InChI is InChI=1S/C25H39N5O2/c1-6-26-25(28-16-22-9-8-18(3)14-23(22)31-7-2)27-15-21-10-12-30(13-11-21)17-24-29-19(4)20(5)32-24/h8-9,14,21H,6-7,10-13,15-17H2,1-5H3,(H2,26,27,28). The number of nitrogens with one attached hydrogen (secondary N) is 2. The number of hydrogen-bond donors (Lipinski definition) is 2. The molecule has 1 saturated heterocycles. The van der Waals surface area contributed by atoms with Gasteiger partial charge in [0.25, 0.3) is 0 Å². The highest BCUT2D eigenvalue weighted by atomic mass is 16.5. The molecule has 0 aliphatic carbocycles. The predicted octanol–water partition coefficient (Wildman–Crippen LogP) is 3.97. The van der Waals surface area contributed by atoms with E-state index in [0.717, 1.165) is 80.2 Å². The number of likely N-dealkylation sites (tertiary alicyclic amines) is 1. The van der Waals surface area contributed by atoms with E-state index in [1.807, 2.05) is 20.8 Å². The summed E-state index contributed by atoms with van der Waals surface area (Å²) in [6.45, 7) is 16.1. The third-order valence-electron chi connectivity index (χ3n) is 5.97. The number of rotatable bonds is 9. The first-order valence-corrected chi connectivity index (χ1v) is 11.9. The highest BCUT2D eigenvalue weighted by molar-refractivity contribution is 5.79. The molecule has 176 valence electrons. The summed E-state index contributed by atoms with van der Waals surface area (Å²) in [7, 11) is 0. The van der Waals surface area contributed by atoms with Crippen molar-refractivity contribution in [2.75, 3.05) is 32.8 Å². The van der Waals surface area contributed by atoms with E-state index in [2.05, 4.69) is 52.6 Å². The Morgan fingerprint density at radius 1 is 1.19 bits per heavy atom. The molecular formula is C25H39N5O2. The molecule has 0 radical (unpaired) electrons. The predicted molar refractivity (Wildman–Crippen MR) is 129 cm³/mol. The van der Waals surface area contributed by atoms with Crippen LogP contribution in [0.3, 0.4) is 0 Å². The molecule has 0 spiro atoms. The SMILES string of the molecule is CCNC(=NCc1ccc(C)cc1OCC)NCC1CCN(Cc2nc(C)c(C)o2)CC1. The maximum atomic E-state index is 5.80. The van der Waals surface area contributed by atoms with Crippen LogP contribution >= 0.6 is 0 Å². The summed E-state index contributed by atoms with van der Waals surface area (Å²) in [6.07, 6.45) is 2.33. The van der Waals surface area contributed by atoms with Crippen molar-refractivity contribution in [1.29, 1.82) is 0 Å². The molecule has 7 nitrogen and oxygen atoms in total. The Morgan fingerprint density at radius 2 is 1.97 bits per heavy atom. The first-order chi connectivity index (χ1) is 15.5. The molecule has 0 bridgehead atoms. The van der Waals surface area contributed by atoms with E-state index in [0.29, 0.717) is 19.1 Å². The third kappa shape index (κ3) is 6.99. The second kappa shape index (κ2) is 11.9. The summed E-state index contributed by atoms with van der Waals surface area (Å²) in [5.41, 5.74) is 3.30. The fourth-order valence-electron chi connectivity index (χ4n) is 3.98. The third-order valence-corrected chi connectivity index (χ3v) is 5.97. The minimum absolute atomic E-state index is 0.596. The van der Waals surface area contributed by atoms with Crippen molar-refractivity contribution in [3.05, 3.63) is 46.7 Å². The van der Waals surface area contributed by atoms with Crippen LogP contribution < -0.4 is 15.4 Å². The van der Waals surface area contributed by atoms with Crippen LogP contribution in [-0.2, 0) is 13.1 Å². The highest BCUT2D eigenvalue weighted by Crippen LogP contribution is 2.22. The molecular weight excluding hydrogens is 402 g/mol. The average molecular weight is 442 g/mol. The number of hydrogen-bond acceptors (Lipinski definition) is 5. The van der Waals surface area contributed by atoms with Crippen LogP contribution in [0, 0.1) is 26.7 Å². The van der Waals surface area contributed by atoms with Crippen LogP contribution in [0.2, 0.25) is 0 Å². The zero-order chi connectivity index (χ0) is 22.9. The number of ether oxygens (including phenoxy) is 1. The number of oxazole rings is 1. The number of aliphatic imine (C=N–C) groups is 1. The molecule has 0 saturated carbocycles. The summed E-state index contributed by atoms with van der Waals surface area (Å²) in [6, 6.07) is 6.31. The van der Waals surface area contributed by atoms with E-state index in [-0.39, 0.29) is 0 Å². The molecule has 7 heteroatoms. The lowest BCUT2D eigenvalue weighted by atomic mass is 9.97. The molecule has 1 aromatic carbocycles. The Labute approximate surface area is 192 Å². The number of guanidine groups is 1. The molecule has 2 aromatic rings. The second-order valence-corrected chi connectivity index (χ2v) is 8.59. The maximum Gasteiger partial charge on any atom is 0.208 e. The van der Waals surface area contributed by atoms with Crippen molar-refractivity contribution in [1.82, 2.24) is 20.5 Å². The van der Waals surface area contributed by atoms with Crippen molar-refractivity contribution in [3.63, 3.8) is 0 Å². The van der Waals surface area contributed by atoms with Crippen LogP contribution in [0.5, 0.6) is 5.75 Å². The minimum atomic E-state index is 0.596. The van der Waals surface area contributed by atoms with E-state index in [4.69, 9.17) is 14.1 Å². The first kappa shape index (κ1) is 24.1. The van der Waals surface area contributed by atoms with Gasteiger partial charge in [0.05, 0.1) is 25.4 Å². The van der Waals surface area contributed by atoms with Crippen molar-refractivity contribution >= 4 is 5.96 Å². The smallest absolute Gasteiger partial charge is 0.208 e. The molecule has 2 heterocycles. The molecule has 0 unspecified atom stereocenters.